The number of halogens is 1. The van der Waals surface area contributed by atoms with Crippen LogP contribution in [0.3, 0.4) is 0 Å². The van der Waals surface area contributed by atoms with Gasteiger partial charge in [0, 0.05) is 11.6 Å². The summed E-state index contributed by atoms with van der Waals surface area (Å²) in [5, 5.41) is 19.9. The summed E-state index contributed by atoms with van der Waals surface area (Å²) in [6.07, 6.45) is 0. The van der Waals surface area contributed by atoms with Gasteiger partial charge in [0.15, 0.2) is 5.75 Å². The van der Waals surface area contributed by atoms with Crippen LogP contribution in [0.1, 0.15) is 11.1 Å². The number of benzene rings is 2. The minimum absolute atomic E-state index is 0.0375. The van der Waals surface area contributed by atoms with Crippen molar-refractivity contribution in [2.75, 3.05) is 0 Å². The van der Waals surface area contributed by atoms with Crippen LogP contribution in [0.4, 0.5) is 10.1 Å². The first-order valence-electron chi connectivity index (χ1n) is 5.86. The van der Waals surface area contributed by atoms with E-state index in [2.05, 4.69) is 0 Å². The van der Waals surface area contributed by atoms with Gasteiger partial charge >= 0.3 is 5.69 Å². The second-order valence-corrected chi connectivity index (χ2v) is 4.10. The summed E-state index contributed by atoms with van der Waals surface area (Å²) in [5.74, 6) is -0.391. The predicted octanol–water partition coefficient (Wildman–Crippen LogP) is 2.81. The van der Waals surface area contributed by atoms with E-state index in [4.69, 9.17) is 9.84 Å². The van der Waals surface area contributed by atoms with Crippen LogP contribution < -0.4 is 4.74 Å². The third-order valence-corrected chi connectivity index (χ3v) is 2.74. The van der Waals surface area contributed by atoms with Crippen molar-refractivity contribution in [1.82, 2.24) is 0 Å². The Hall–Kier alpha value is -2.47. The molecule has 0 aromatic heterocycles. The highest BCUT2D eigenvalue weighted by atomic mass is 19.1. The van der Waals surface area contributed by atoms with Gasteiger partial charge in [-0.3, -0.25) is 10.1 Å². The van der Waals surface area contributed by atoms with E-state index in [9.17, 15) is 14.5 Å². The lowest BCUT2D eigenvalue weighted by atomic mass is 10.2. The monoisotopic (exact) mass is 277 g/mol. The lowest BCUT2D eigenvalue weighted by Crippen LogP contribution is -2.01. The Bertz CT molecular complexity index is 630. The highest BCUT2D eigenvalue weighted by molar-refractivity contribution is 5.48. The van der Waals surface area contributed by atoms with E-state index in [1.165, 1.54) is 24.3 Å². The lowest BCUT2D eigenvalue weighted by molar-refractivity contribution is -0.386. The summed E-state index contributed by atoms with van der Waals surface area (Å²) in [5.41, 5.74) is 0.468. The van der Waals surface area contributed by atoms with Crippen molar-refractivity contribution in [3.8, 4) is 5.75 Å². The summed E-state index contributed by atoms with van der Waals surface area (Å²) < 4.78 is 18.7. The Labute approximate surface area is 114 Å². The molecule has 0 bridgehead atoms. The first-order chi connectivity index (χ1) is 9.61. The van der Waals surface area contributed by atoms with E-state index in [1.54, 1.807) is 18.2 Å². The van der Waals surface area contributed by atoms with Crippen LogP contribution >= 0.6 is 0 Å². The van der Waals surface area contributed by atoms with Crippen LogP contribution in [-0.4, -0.2) is 10.0 Å². The number of nitro benzene ring substituents is 1. The molecule has 2 aromatic carbocycles. The van der Waals surface area contributed by atoms with E-state index in [-0.39, 0.29) is 24.7 Å². The largest absolute Gasteiger partial charge is 0.482 e. The molecule has 6 heteroatoms. The van der Waals surface area contributed by atoms with Gasteiger partial charge in [-0.25, -0.2) is 4.39 Å². The van der Waals surface area contributed by atoms with Crippen molar-refractivity contribution in [3.05, 3.63) is 69.5 Å². The van der Waals surface area contributed by atoms with Crippen LogP contribution in [0.5, 0.6) is 5.75 Å². The van der Waals surface area contributed by atoms with E-state index in [0.29, 0.717) is 11.1 Å². The van der Waals surface area contributed by atoms with Gasteiger partial charge in [-0.1, -0.05) is 24.3 Å². The first-order valence-corrected chi connectivity index (χ1v) is 5.86. The molecule has 0 amide bonds. The molecule has 1 N–H and O–H groups in total. The minimum Gasteiger partial charge on any atom is -0.482 e. The zero-order valence-electron chi connectivity index (χ0n) is 10.5. The fourth-order valence-electron chi connectivity index (χ4n) is 1.70. The van der Waals surface area contributed by atoms with Gasteiger partial charge < -0.3 is 9.84 Å². The van der Waals surface area contributed by atoms with Crippen molar-refractivity contribution in [3.63, 3.8) is 0 Å². The van der Waals surface area contributed by atoms with Crippen LogP contribution in [-0.2, 0) is 13.2 Å². The van der Waals surface area contributed by atoms with Crippen molar-refractivity contribution in [1.29, 1.82) is 0 Å². The van der Waals surface area contributed by atoms with Crippen LogP contribution in [0.25, 0.3) is 0 Å². The second-order valence-electron chi connectivity index (χ2n) is 4.10. The van der Waals surface area contributed by atoms with Gasteiger partial charge in [0.1, 0.15) is 12.4 Å². The number of hydrogen-bond acceptors (Lipinski definition) is 4. The molecule has 0 fully saturated rings. The maximum atomic E-state index is 13.4. The Morgan fingerprint density at radius 1 is 1.25 bits per heavy atom. The van der Waals surface area contributed by atoms with E-state index in [0.717, 1.165) is 0 Å². The number of aliphatic hydroxyl groups excluding tert-OH is 1. The molecule has 0 radical (unpaired) electrons. The van der Waals surface area contributed by atoms with Gasteiger partial charge in [0.05, 0.1) is 11.5 Å². The molecular weight excluding hydrogens is 265 g/mol. The standard InChI is InChI=1S/C14H12FNO4/c15-12-4-2-1-3-11(12)9-20-14-6-5-10(8-17)7-13(14)16(18)19/h1-7,17H,8-9H2. The summed E-state index contributed by atoms with van der Waals surface area (Å²) in [7, 11) is 0. The Balaban J connectivity index is 2.21. The third kappa shape index (κ3) is 3.10. The topological polar surface area (TPSA) is 72.6 Å². The molecule has 0 atom stereocenters. The molecule has 0 unspecified atom stereocenters. The molecule has 0 saturated heterocycles. The van der Waals surface area contributed by atoms with E-state index < -0.39 is 10.7 Å². The van der Waals surface area contributed by atoms with Gasteiger partial charge in [0.25, 0.3) is 0 Å². The van der Waals surface area contributed by atoms with Crippen molar-refractivity contribution in [2.45, 2.75) is 13.2 Å². The quantitative estimate of drug-likeness (QED) is 0.673. The van der Waals surface area contributed by atoms with Crippen LogP contribution in [0.2, 0.25) is 0 Å². The summed E-state index contributed by atoms with van der Waals surface area (Å²) >= 11 is 0. The maximum Gasteiger partial charge on any atom is 0.311 e. The van der Waals surface area contributed by atoms with Gasteiger partial charge in [-0.05, 0) is 17.7 Å². The second kappa shape index (κ2) is 6.12. The smallest absolute Gasteiger partial charge is 0.311 e. The average Bonchev–Trinajstić information content (AvgIpc) is 2.46. The molecule has 2 aromatic rings. The maximum absolute atomic E-state index is 13.4. The number of rotatable bonds is 5. The number of aliphatic hydroxyl groups is 1. The van der Waals surface area contributed by atoms with Crippen LogP contribution in [0, 0.1) is 15.9 Å². The number of hydrogen-bond donors (Lipinski definition) is 1. The number of nitrogens with zero attached hydrogens (tertiary/aromatic N) is 1. The molecule has 0 heterocycles. The Morgan fingerprint density at radius 2 is 2.00 bits per heavy atom. The predicted molar refractivity (Wildman–Crippen MR) is 69.8 cm³/mol. The molecule has 5 nitrogen and oxygen atoms in total. The van der Waals surface area contributed by atoms with E-state index >= 15 is 0 Å². The van der Waals surface area contributed by atoms with Gasteiger partial charge in [0.2, 0.25) is 0 Å². The Morgan fingerprint density at radius 3 is 2.65 bits per heavy atom. The average molecular weight is 277 g/mol. The Kier molecular flexibility index (Phi) is 4.27. The lowest BCUT2D eigenvalue weighted by Gasteiger charge is -2.08. The fraction of sp³-hybridized carbons (Fsp3) is 0.143. The summed E-state index contributed by atoms with van der Waals surface area (Å²) in [4.78, 5) is 10.3. The van der Waals surface area contributed by atoms with Crippen molar-refractivity contribution >= 4 is 5.69 Å². The molecular formula is C14H12FNO4. The highest BCUT2D eigenvalue weighted by Crippen LogP contribution is 2.29. The number of nitro groups is 1. The summed E-state index contributed by atoms with van der Waals surface area (Å²) in [6.45, 7) is -0.402. The molecule has 0 aliphatic rings. The molecule has 0 saturated carbocycles. The minimum atomic E-state index is -0.601. The van der Waals surface area contributed by atoms with Gasteiger partial charge in [-0.2, -0.15) is 0 Å². The summed E-state index contributed by atoms with van der Waals surface area (Å²) in [6, 6.07) is 10.2. The first kappa shape index (κ1) is 14.0. The molecule has 0 spiro atoms. The molecule has 2 rings (SSSR count). The normalized spacial score (nSPS) is 10.3. The molecule has 0 aliphatic carbocycles. The van der Waals surface area contributed by atoms with Crippen LogP contribution in [0.15, 0.2) is 42.5 Å². The number of ether oxygens (including phenoxy) is 1. The zero-order chi connectivity index (χ0) is 14.5. The third-order valence-electron chi connectivity index (χ3n) is 2.74. The van der Waals surface area contributed by atoms with E-state index in [1.807, 2.05) is 0 Å². The van der Waals surface area contributed by atoms with Gasteiger partial charge in [-0.15, -0.1) is 0 Å². The zero-order valence-corrected chi connectivity index (χ0v) is 10.5. The molecule has 20 heavy (non-hydrogen) atoms. The molecule has 104 valence electrons. The SMILES string of the molecule is O=[N+]([O-])c1cc(CO)ccc1OCc1ccccc1F. The van der Waals surface area contributed by atoms with Crippen molar-refractivity contribution < 1.29 is 19.2 Å². The molecule has 0 aliphatic heterocycles. The highest BCUT2D eigenvalue weighted by Gasteiger charge is 2.16. The fourth-order valence-corrected chi connectivity index (χ4v) is 1.70. The van der Waals surface area contributed by atoms with Crippen molar-refractivity contribution in [2.24, 2.45) is 0 Å².